The molecule has 39 heavy (non-hydrogen) atoms. The molecule has 9 heteroatoms. The van der Waals surface area contributed by atoms with E-state index in [4.69, 9.17) is 9.47 Å². The van der Waals surface area contributed by atoms with Crippen LogP contribution in [0.25, 0.3) is 0 Å². The van der Waals surface area contributed by atoms with Crippen molar-refractivity contribution in [2.45, 2.75) is 71.1 Å². The van der Waals surface area contributed by atoms with Crippen LogP contribution in [-0.4, -0.2) is 61.1 Å². The van der Waals surface area contributed by atoms with E-state index in [0.717, 1.165) is 24.1 Å². The number of esters is 1. The Bertz CT molecular complexity index is 1240. The van der Waals surface area contributed by atoms with Gasteiger partial charge in [-0.25, -0.2) is 0 Å². The number of amides is 1. The highest BCUT2D eigenvalue weighted by Gasteiger charge is 2.40. The average molecular weight is 559 g/mol. The first-order valence-electron chi connectivity index (χ1n) is 13.5. The van der Waals surface area contributed by atoms with Crippen molar-refractivity contribution in [1.82, 2.24) is 4.90 Å². The van der Waals surface area contributed by atoms with Crippen molar-refractivity contribution in [3.8, 4) is 11.5 Å². The monoisotopic (exact) mass is 558 g/mol. The Hall–Kier alpha value is -2.83. The number of carbonyl (C=O) groups excluding carboxylic acids is 2. The minimum absolute atomic E-state index is 0.0220. The normalized spacial score (nSPS) is 15.8. The summed E-state index contributed by atoms with van der Waals surface area (Å²) in [6, 6.07) is 11.3. The molecule has 8 nitrogen and oxygen atoms in total. The Morgan fingerprint density at radius 2 is 1.62 bits per heavy atom. The molecule has 0 bridgehead atoms. The number of carbonyl (C=O) groups is 2. The zero-order valence-corrected chi connectivity index (χ0v) is 25.2. The molecule has 1 amide bonds. The van der Waals surface area contributed by atoms with Crippen LogP contribution >= 0.6 is 7.37 Å². The van der Waals surface area contributed by atoms with Crippen molar-refractivity contribution in [2.24, 2.45) is 0 Å². The molecule has 0 radical (unpaired) electrons. The zero-order valence-electron chi connectivity index (χ0n) is 24.3. The van der Waals surface area contributed by atoms with Crippen molar-refractivity contribution in [1.29, 1.82) is 0 Å². The van der Waals surface area contributed by atoms with Crippen LogP contribution in [0.1, 0.15) is 75.2 Å². The van der Waals surface area contributed by atoms with Gasteiger partial charge in [0.1, 0.15) is 17.1 Å². The highest BCUT2D eigenvalue weighted by molar-refractivity contribution is 7.58. The van der Waals surface area contributed by atoms with E-state index in [1.165, 1.54) is 0 Å². The van der Waals surface area contributed by atoms with Gasteiger partial charge in [0.05, 0.1) is 5.66 Å². The number of fused-ring (bicyclic) bond motifs is 2. The van der Waals surface area contributed by atoms with Gasteiger partial charge in [-0.15, -0.1) is 0 Å². The van der Waals surface area contributed by atoms with Crippen LogP contribution in [0.2, 0.25) is 0 Å². The summed E-state index contributed by atoms with van der Waals surface area (Å²) in [5, 5.41) is 0. The van der Waals surface area contributed by atoms with E-state index in [-0.39, 0.29) is 24.5 Å². The van der Waals surface area contributed by atoms with Gasteiger partial charge in [-0.3, -0.25) is 14.2 Å². The van der Waals surface area contributed by atoms with E-state index in [9.17, 15) is 19.0 Å². The van der Waals surface area contributed by atoms with Gasteiger partial charge in [0, 0.05) is 69.6 Å². The Labute approximate surface area is 232 Å². The van der Waals surface area contributed by atoms with E-state index in [2.05, 4.69) is 0 Å². The maximum Gasteiger partial charge on any atom is 0.306 e. The standard InChI is InChI=1S/C30H43N2O6P/c1-21-12-14-23-25(19-21)37-26-20-22(31(5)6)13-15-24(26)29(23)39(35,36)18-16-27(33)32(7)17-10-8-9-11-28(34)38-30(2,3)4/h12-15,19-20,29H,8-11,16-18H2,1-7H3,(H,35,36). The minimum Gasteiger partial charge on any atom is -0.460 e. The molecule has 0 fully saturated rings. The third-order valence-corrected chi connectivity index (χ3v) is 8.99. The largest absolute Gasteiger partial charge is 0.460 e. The molecule has 2 atom stereocenters. The Kier molecular flexibility index (Phi) is 9.89. The fourth-order valence-corrected chi connectivity index (χ4v) is 6.75. The van der Waals surface area contributed by atoms with Crippen LogP contribution in [0.5, 0.6) is 11.5 Å². The summed E-state index contributed by atoms with van der Waals surface area (Å²) in [7, 11) is 1.74. The molecule has 214 valence electrons. The molecule has 1 N–H and O–H groups in total. The van der Waals surface area contributed by atoms with Crippen molar-refractivity contribution in [2.75, 3.05) is 38.7 Å². The quantitative estimate of drug-likeness (QED) is 0.197. The van der Waals surface area contributed by atoms with E-state index in [0.29, 0.717) is 42.0 Å². The number of hydrogen-bond acceptors (Lipinski definition) is 6. The second-order valence-electron chi connectivity index (χ2n) is 11.6. The highest BCUT2D eigenvalue weighted by Crippen LogP contribution is 2.64. The summed E-state index contributed by atoms with van der Waals surface area (Å²) in [4.78, 5) is 39.6. The number of nitrogens with zero attached hydrogens (tertiary/aromatic N) is 2. The Morgan fingerprint density at radius 1 is 0.974 bits per heavy atom. The lowest BCUT2D eigenvalue weighted by atomic mass is 9.98. The number of hydrogen-bond donors (Lipinski definition) is 1. The number of ether oxygens (including phenoxy) is 2. The predicted octanol–water partition coefficient (Wildman–Crippen LogP) is 6.28. The molecule has 0 aromatic heterocycles. The van der Waals surface area contributed by atoms with Crippen LogP contribution in [0.15, 0.2) is 36.4 Å². The first-order valence-corrected chi connectivity index (χ1v) is 15.5. The average Bonchev–Trinajstić information content (AvgIpc) is 2.83. The third kappa shape index (κ3) is 8.33. The molecule has 3 rings (SSSR count). The summed E-state index contributed by atoms with van der Waals surface area (Å²) in [6.07, 6.45) is 2.44. The van der Waals surface area contributed by atoms with E-state index >= 15 is 0 Å². The highest BCUT2D eigenvalue weighted by atomic mass is 31.2. The van der Waals surface area contributed by atoms with Crippen LogP contribution in [0, 0.1) is 6.92 Å². The molecular formula is C30H43N2O6P. The maximum absolute atomic E-state index is 13.9. The summed E-state index contributed by atoms with van der Waals surface area (Å²) in [5.74, 6) is 0.756. The van der Waals surface area contributed by atoms with Gasteiger partial charge < -0.3 is 24.2 Å². The second kappa shape index (κ2) is 12.6. The molecule has 2 aromatic rings. The summed E-state index contributed by atoms with van der Waals surface area (Å²) < 4.78 is 25.4. The molecule has 0 saturated carbocycles. The topological polar surface area (TPSA) is 96.4 Å². The van der Waals surface area contributed by atoms with Gasteiger partial charge >= 0.3 is 5.97 Å². The molecule has 1 heterocycles. The van der Waals surface area contributed by atoms with Gasteiger partial charge in [0.25, 0.3) is 0 Å². The van der Waals surface area contributed by atoms with Gasteiger partial charge in [-0.2, -0.15) is 0 Å². The maximum atomic E-state index is 13.9. The van der Waals surface area contributed by atoms with E-state index in [1.807, 2.05) is 83.1 Å². The first kappa shape index (κ1) is 30.7. The van der Waals surface area contributed by atoms with E-state index < -0.39 is 18.6 Å². The van der Waals surface area contributed by atoms with Crippen LogP contribution < -0.4 is 9.64 Å². The lowest BCUT2D eigenvalue weighted by Crippen LogP contribution is -2.28. The van der Waals surface area contributed by atoms with Crippen molar-refractivity contribution in [3.05, 3.63) is 53.1 Å². The SMILES string of the molecule is Cc1ccc2c(c1)Oc1cc(N(C)C)ccc1C2P(=O)(O)CCC(=O)N(C)CCCCCC(=O)OC(C)(C)C. The molecule has 1 aliphatic rings. The second-order valence-corrected chi connectivity index (χ2v) is 14.1. The fourth-order valence-electron chi connectivity index (χ4n) is 4.68. The number of rotatable bonds is 11. The van der Waals surface area contributed by atoms with Crippen LogP contribution in [0.3, 0.4) is 0 Å². The van der Waals surface area contributed by atoms with Gasteiger partial charge in [0.2, 0.25) is 13.3 Å². The summed E-state index contributed by atoms with van der Waals surface area (Å²) in [5.41, 5.74) is 2.00. The zero-order chi connectivity index (χ0) is 29.0. The molecular weight excluding hydrogens is 515 g/mol. The number of aryl methyl sites for hydroxylation is 1. The van der Waals surface area contributed by atoms with E-state index in [1.54, 1.807) is 11.9 Å². The number of unbranched alkanes of at least 4 members (excludes halogenated alkanes) is 2. The van der Waals surface area contributed by atoms with Crippen molar-refractivity contribution < 1.29 is 28.5 Å². The van der Waals surface area contributed by atoms with Gasteiger partial charge in [0.15, 0.2) is 0 Å². The molecule has 0 spiro atoms. The fraction of sp³-hybridized carbons (Fsp3) is 0.533. The minimum atomic E-state index is -3.84. The molecule has 0 aliphatic carbocycles. The summed E-state index contributed by atoms with van der Waals surface area (Å²) in [6.45, 7) is 8.02. The van der Waals surface area contributed by atoms with Crippen LogP contribution in [-0.2, 0) is 18.9 Å². The molecule has 1 aliphatic heterocycles. The van der Waals surface area contributed by atoms with Gasteiger partial charge in [-0.1, -0.05) is 24.6 Å². The molecule has 2 unspecified atom stereocenters. The molecule has 0 saturated heterocycles. The predicted molar refractivity (Wildman–Crippen MR) is 155 cm³/mol. The number of anilines is 1. The van der Waals surface area contributed by atoms with Crippen molar-refractivity contribution in [3.63, 3.8) is 0 Å². The van der Waals surface area contributed by atoms with Gasteiger partial charge in [-0.05, 0) is 58.2 Å². The third-order valence-electron chi connectivity index (χ3n) is 6.76. The number of benzene rings is 2. The molecule has 2 aromatic carbocycles. The van der Waals surface area contributed by atoms with Crippen LogP contribution in [0.4, 0.5) is 5.69 Å². The Balaban J connectivity index is 1.62. The first-order chi connectivity index (χ1) is 18.2. The summed E-state index contributed by atoms with van der Waals surface area (Å²) >= 11 is 0. The van der Waals surface area contributed by atoms with Crippen molar-refractivity contribution >= 4 is 24.9 Å². The Morgan fingerprint density at radius 3 is 2.26 bits per heavy atom. The smallest absolute Gasteiger partial charge is 0.306 e. The lowest BCUT2D eigenvalue weighted by molar-refractivity contribution is -0.155. The lowest BCUT2D eigenvalue weighted by Gasteiger charge is -2.32.